The van der Waals surface area contributed by atoms with Crippen LogP contribution in [0.5, 0.6) is 0 Å². The Morgan fingerprint density at radius 1 is 0.867 bits per heavy atom. The first kappa shape index (κ1) is 18.5. The molecule has 4 nitrogen and oxygen atoms in total. The van der Waals surface area contributed by atoms with Crippen molar-refractivity contribution in [3.8, 4) is 11.1 Å². The van der Waals surface area contributed by atoms with Gasteiger partial charge < -0.3 is 4.57 Å². The largest absolute Gasteiger partial charge is 0.343 e. The minimum Gasteiger partial charge on any atom is -0.343 e. The first-order chi connectivity index (χ1) is 14.7. The van der Waals surface area contributed by atoms with E-state index < -0.39 is 0 Å². The second-order valence-corrected chi connectivity index (χ2v) is 8.11. The fourth-order valence-electron chi connectivity index (χ4n) is 3.81. The number of fused-ring (bicyclic) bond motifs is 1. The Hall–Kier alpha value is -3.57. The molecule has 0 unspecified atom stereocenters. The highest BCUT2D eigenvalue weighted by Crippen LogP contribution is 2.30. The number of thioether (sulfide) groups is 1. The van der Waals surface area contributed by atoms with Gasteiger partial charge in [-0.05, 0) is 52.2 Å². The first-order valence-electron chi connectivity index (χ1n) is 9.65. The molecule has 1 aromatic heterocycles. The molecule has 1 N–H and O–H groups in total. The van der Waals surface area contributed by atoms with Gasteiger partial charge >= 0.3 is 0 Å². The van der Waals surface area contributed by atoms with Gasteiger partial charge in [0.1, 0.15) is 0 Å². The summed E-state index contributed by atoms with van der Waals surface area (Å²) in [5.74, 6) is -0.335. The first-order valence-corrected chi connectivity index (χ1v) is 10.5. The Labute approximate surface area is 178 Å². The number of carbonyl (C=O) groups excluding carboxylic acids is 2. The summed E-state index contributed by atoms with van der Waals surface area (Å²) in [6.45, 7) is 0.738. The molecule has 2 amide bonds. The van der Waals surface area contributed by atoms with Gasteiger partial charge in [0.2, 0.25) is 0 Å². The van der Waals surface area contributed by atoms with Crippen molar-refractivity contribution in [1.29, 1.82) is 0 Å². The van der Waals surface area contributed by atoms with Crippen LogP contribution in [0.1, 0.15) is 11.1 Å². The summed E-state index contributed by atoms with van der Waals surface area (Å²) in [7, 11) is 0. The van der Waals surface area contributed by atoms with Gasteiger partial charge in [-0.1, -0.05) is 66.7 Å². The molecule has 0 bridgehead atoms. The lowest BCUT2D eigenvalue weighted by molar-refractivity contribution is -0.115. The number of hydrogen-bond acceptors (Lipinski definition) is 3. The predicted molar refractivity (Wildman–Crippen MR) is 122 cm³/mol. The predicted octanol–water partition coefficient (Wildman–Crippen LogP) is 5.68. The topological polar surface area (TPSA) is 51.1 Å². The molecule has 3 aromatic carbocycles. The van der Waals surface area contributed by atoms with Crippen LogP contribution in [0.3, 0.4) is 0 Å². The molecule has 0 radical (unpaired) electrons. The van der Waals surface area contributed by atoms with E-state index in [2.05, 4.69) is 76.7 Å². The van der Waals surface area contributed by atoms with Gasteiger partial charge in [0, 0.05) is 23.6 Å². The van der Waals surface area contributed by atoms with Crippen molar-refractivity contribution >= 4 is 39.9 Å². The molecule has 1 saturated heterocycles. The van der Waals surface area contributed by atoms with Crippen LogP contribution < -0.4 is 5.32 Å². The summed E-state index contributed by atoms with van der Waals surface area (Å²) >= 11 is 0.941. The van der Waals surface area contributed by atoms with Gasteiger partial charge in [-0.25, -0.2) is 0 Å². The van der Waals surface area contributed by atoms with E-state index in [9.17, 15) is 9.59 Å². The second-order valence-electron chi connectivity index (χ2n) is 7.10. The number of rotatable bonds is 4. The molecule has 30 heavy (non-hydrogen) atoms. The zero-order chi connectivity index (χ0) is 20.5. The van der Waals surface area contributed by atoms with Crippen molar-refractivity contribution in [3.05, 3.63) is 101 Å². The van der Waals surface area contributed by atoms with E-state index in [1.165, 1.54) is 16.7 Å². The summed E-state index contributed by atoms with van der Waals surface area (Å²) in [6, 6.07) is 26.9. The van der Waals surface area contributed by atoms with Crippen LogP contribution in [0.4, 0.5) is 4.79 Å². The van der Waals surface area contributed by atoms with E-state index in [4.69, 9.17) is 0 Å². The fraction of sp³-hybridized carbons (Fsp3) is 0.0400. The molecule has 0 atom stereocenters. The molecule has 0 saturated carbocycles. The lowest BCUT2D eigenvalue weighted by Crippen LogP contribution is -2.17. The van der Waals surface area contributed by atoms with Gasteiger partial charge in [0.05, 0.1) is 4.91 Å². The van der Waals surface area contributed by atoms with E-state index in [0.717, 1.165) is 34.8 Å². The average Bonchev–Trinajstić information content (AvgIpc) is 3.32. The number of hydrogen-bond donors (Lipinski definition) is 1. The molecule has 1 aliphatic rings. The number of nitrogens with zero attached hydrogens (tertiary/aromatic N) is 1. The molecule has 0 aliphatic carbocycles. The van der Waals surface area contributed by atoms with Crippen LogP contribution in [-0.2, 0) is 11.3 Å². The Morgan fingerprint density at radius 2 is 1.67 bits per heavy atom. The molecule has 146 valence electrons. The van der Waals surface area contributed by atoms with Crippen LogP contribution in [0.25, 0.3) is 28.1 Å². The molecule has 4 aromatic rings. The maximum absolute atomic E-state index is 11.9. The number of imide groups is 1. The molecule has 0 spiro atoms. The maximum atomic E-state index is 11.9. The molecule has 2 heterocycles. The van der Waals surface area contributed by atoms with Crippen molar-refractivity contribution in [2.24, 2.45) is 0 Å². The van der Waals surface area contributed by atoms with Crippen molar-refractivity contribution < 1.29 is 9.59 Å². The summed E-state index contributed by atoms with van der Waals surface area (Å²) in [5, 5.41) is 3.03. The maximum Gasteiger partial charge on any atom is 0.290 e. The molecule has 5 rings (SSSR count). The van der Waals surface area contributed by atoms with Gasteiger partial charge in [-0.3, -0.25) is 14.9 Å². The number of aromatic nitrogens is 1. The minimum atomic E-state index is -0.335. The van der Waals surface area contributed by atoms with Crippen molar-refractivity contribution in [2.45, 2.75) is 6.54 Å². The molecule has 1 fully saturated rings. The van der Waals surface area contributed by atoms with Gasteiger partial charge in [-0.15, -0.1) is 0 Å². The lowest BCUT2D eigenvalue weighted by Gasteiger charge is -2.12. The van der Waals surface area contributed by atoms with Crippen LogP contribution in [0.2, 0.25) is 0 Å². The van der Waals surface area contributed by atoms with E-state index in [-0.39, 0.29) is 11.1 Å². The van der Waals surface area contributed by atoms with Crippen LogP contribution >= 0.6 is 11.8 Å². The minimum absolute atomic E-state index is 0.325. The van der Waals surface area contributed by atoms with Gasteiger partial charge in [0.25, 0.3) is 11.1 Å². The number of nitrogens with one attached hydrogen (secondary N) is 1. The molecule has 5 heteroatoms. The molecular formula is C25H18N2O2S. The average molecular weight is 410 g/mol. The Kier molecular flexibility index (Phi) is 4.73. The Bertz CT molecular complexity index is 1310. The Morgan fingerprint density at radius 3 is 2.47 bits per heavy atom. The third kappa shape index (κ3) is 3.44. The normalized spacial score (nSPS) is 15.1. The van der Waals surface area contributed by atoms with Gasteiger partial charge in [0.15, 0.2) is 0 Å². The fourth-order valence-corrected chi connectivity index (χ4v) is 4.49. The third-order valence-corrected chi connectivity index (χ3v) is 6.03. The van der Waals surface area contributed by atoms with Crippen molar-refractivity contribution in [1.82, 2.24) is 9.88 Å². The van der Waals surface area contributed by atoms with E-state index >= 15 is 0 Å². The van der Waals surface area contributed by atoms with E-state index in [1.54, 1.807) is 6.08 Å². The second kappa shape index (κ2) is 7.69. The van der Waals surface area contributed by atoms with Gasteiger partial charge in [-0.2, -0.15) is 0 Å². The number of amides is 2. The quantitative estimate of drug-likeness (QED) is 0.440. The molecular weight excluding hydrogens is 392 g/mol. The summed E-state index contributed by atoms with van der Waals surface area (Å²) in [6.07, 6.45) is 3.86. The monoisotopic (exact) mass is 410 g/mol. The van der Waals surface area contributed by atoms with Crippen LogP contribution in [0, 0.1) is 0 Å². The van der Waals surface area contributed by atoms with Crippen molar-refractivity contribution in [3.63, 3.8) is 0 Å². The lowest BCUT2D eigenvalue weighted by atomic mass is 9.99. The number of carbonyl (C=O) groups is 2. The third-order valence-electron chi connectivity index (χ3n) is 5.22. The highest BCUT2D eigenvalue weighted by Gasteiger charge is 2.25. The summed E-state index contributed by atoms with van der Waals surface area (Å²) in [4.78, 5) is 23.8. The van der Waals surface area contributed by atoms with Crippen molar-refractivity contribution in [2.75, 3.05) is 0 Å². The highest BCUT2D eigenvalue weighted by molar-refractivity contribution is 8.18. The SMILES string of the molecule is O=C1NC(=O)/C(=C/c2cccc3c2ccn3Cc2ccccc2-c2ccccc2)S1. The van der Waals surface area contributed by atoms with Crippen LogP contribution in [-0.4, -0.2) is 15.7 Å². The zero-order valence-corrected chi connectivity index (χ0v) is 16.9. The highest BCUT2D eigenvalue weighted by atomic mass is 32.2. The smallest absolute Gasteiger partial charge is 0.290 e. The van der Waals surface area contributed by atoms with E-state index in [0.29, 0.717) is 4.91 Å². The Balaban J connectivity index is 1.53. The summed E-state index contributed by atoms with van der Waals surface area (Å²) < 4.78 is 2.21. The van der Waals surface area contributed by atoms with E-state index in [1.807, 2.05) is 18.2 Å². The standard InChI is InChI=1S/C25H18N2O2S/c28-24-23(30-25(29)26-24)15-18-10-6-12-22-21(18)13-14-27(22)16-19-9-4-5-11-20(19)17-7-2-1-3-8-17/h1-15H,16H2,(H,26,28,29)/b23-15-. The van der Waals surface area contributed by atoms with Crippen LogP contribution in [0.15, 0.2) is 90.0 Å². The zero-order valence-electron chi connectivity index (χ0n) is 16.0. The molecule has 1 aliphatic heterocycles. The number of benzene rings is 3. The summed E-state index contributed by atoms with van der Waals surface area (Å²) in [5.41, 5.74) is 5.66.